The van der Waals surface area contributed by atoms with Gasteiger partial charge in [0.1, 0.15) is 5.94 Å². The van der Waals surface area contributed by atoms with Crippen LogP contribution in [0.2, 0.25) is 18.1 Å². The Morgan fingerprint density at radius 2 is 1.34 bits per heavy atom. The van der Waals surface area contributed by atoms with Gasteiger partial charge in [0, 0.05) is 42.7 Å². The molecule has 0 aliphatic rings. The lowest BCUT2D eigenvalue weighted by Crippen LogP contribution is -2.53. The molecule has 0 saturated carbocycles. The van der Waals surface area contributed by atoms with E-state index in [1.54, 1.807) is 0 Å². The maximum absolute atomic E-state index is 12.5. The van der Waals surface area contributed by atoms with Crippen LogP contribution in [0.3, 0.4) is 0 Å². The highest BCUT2D eigenvalue weighted by atomic mass is 32.2. The Bertz CT molecular complexity index is 683. The summed E-state index contributed by atoms with van der Waals surface area (Å²) in [4.78, 5) is 12.5. The molecular formula is C30H66N3O5PSSi. The molecule has 0 aromatic carbocycles. The zero-order valence-electron chi connectivity index (χ0n) is 29.3. The van der Waals surface area contributed by atoms with Crippen LogP contribution in [0.1, 0.15) is 109 Å². The van der Waals surface area contributed by atoms with Crippen molar-refractivity contribution in [2.75, 3.05) is 32.7 Å². The van der Waals surface area contributed by atoms with Crippen molar-refractivity contribution < 1.29 is 23.2 Å². The molecule has 0 aromatic heterocycles. The molecule has 0 radical (unpaired) electrons. The van der Waals surface area contributed by atoms with Crippen molar-refractivity contribution in [2.45, 2.75) is 157 Å². The molecule has 0 heterocycles. The molecule has 0 unspecified atom stereocenters. The maximum atomic E-state index is 12.5. The van der Waals surface area contributed by atoms with Crippen molar-refractivity contribution in [1.82, 2.24) is 14.7 Å². The SMILES string of the molecule is CCC(CC)(CO[Si](C)(C)C(C)(C)C)NCCC(=O)SCOCOCOP(N(C(C)C)C(C)C)N(C(C)C)C(C)C. The standard InChI is InChI=1S/C30H66N3O5PSSi/c1-16-30(17-2,20-38-41(14,15)29(11,12)13)31-19-18-28(34)40-23-36-21-35-22-37-39(32(24(3)4)25(5)6)33(26(7)8)27(9)10/h24-27,31H,16-23H2,1-15H3. The second-order valence-electron chi connectivity index (χ2n) is 13.5. The molecule has 0 bridgehead atoms. The predicted molar refractivity (Wildman–Crippen MR) is 181 cm³/mol. The van der Waals surface area contributed by atoms with Crippen LogP contribution in [0.15, 0.2) is 0 Å². The molecule has 0 aliphatic heterocycles. The maximum Gasteiger partial charge on any atom is 0.192 e. The number of carbonyl (C=O) groups is 1. The molecule has 0 amide bonds. The number of hydrogen-bond donors (Lipinski definition) is 1. The van der Waals surface area contributed by atoms with Crippen molar-refractivity contribution >= 4 is 33.6 Å². The van der Waals surface area contributed by atoms with Crippen LogP contribution >= 0.6 is 20.2 Å². The van der Waals surface area contributed by atoms with Gasteiger partial charge in [0.25, 0.3) is 0 Å². The molecule has 0 fully saturated rings. The normalized spacial score (nSPS) is 13.8. The van der Waals surface area contributed by atoms with Gasteiger partial charge < -0.3 is 23.7 Å². The van der Waals surface area contributed by atoms with E-state index in [9.17, 15) is 4.79 Å². The lowest BCUT2D eigenvalue weighted by molar-refractivity contribution is -0.111. The van der Waals surface area contributed by atoms with E-state index in [0.29, 0.717) is 43.7 Å². The summed E-state index contributed by atoms with van der Waals surface area (Å²) in [6.07, 6.45) is 2.37. The summed E-state index contributed by atoms with van der Waals surface area (Å²) in [5.74, 6) is 0.267. The zero-order chi connectivity index (χ0) is 32.0. The van der Waals surface area contributed by atoms with Crippen molar-refractivity contribution in [3.8, 4) is 0 Å². The Kier molecular flexibility index (Phi) is 19.9. The Morgan fingerprint density at radius 1 is 0.854 bits per heavy atom. The lowest BCUT2D eigenvalue weighted by atomic mass is 9.94. The average Bonchev–Trinajstić information content (AvgIpc) is 2.84. The second kappa shape index (κ2) is 19.7. The van der Waals surface area contributed by atoms with Gasteiger partial charge in [-0.15, -0.1) is 0 Å². The number of ether oxygens (including phenoxy) is 2. The van der Waals surface area contributed by atoms with Gasteiger partial charge in [-0.1, -0.05) is 46.4 Å². The minimum absolute atomic E-state index is 0.0913. The first-order valence-corrected chi connectivity index (χ1v) is 20.6. The smallest absolute Gasteiger partial charge is 0.192 e. The second-order valence-corrected chi connectivity index (χ2v) is 21.0. The third-order valence-electron chi connectivity index (χ3n) is 7.93. The number of rotatable bonds is 22. The van der Waals surface area contributed by atoms with Gasteiger partial charge in [-0.2, -0.15) is 0 Å². The molecule has 0 spiro atoms. The van der Waals surface area contributed by atoms with Crippen LogP contribution in [0.25, 0.3) is 0 Å². The zero-order valence-corrected chi connectivity index (χ0v) is 32.0. The summed E-state index contributed by atoms with van der Waals surface area (Å²) in [5.41, 5.74) is -0.106. The van der Waals surface area contributed by atoms with Gasteiger partial charge >= 0.3 is 0 Å². The van der Waals surface area contributed by atoms with Gasteiger partial charge in [0.05, 0.1) is 6.61 Å². The van der Waals surface area contributed by atoms with E-state index in [1.807, 2.05) is 0 Å². The number of thioether (sulfide) groups is 1. The van der Waals surface area contributed by atoms with Crippen LogP contribution in [0.5, 0.6) is 0 Å². The summed E-state index contributed by atoms with van der Waals surface area (Å²) < 4.78 is 29.0. The molecular weight excluding hydrogens is 573 g/mol. The largest absolute Gasteiger partial charge is 0.415 e. The van der Waals surface area contributed by atoms with E-state index in [2.05, 4.69) is 118 Å². The van der Waals surface area contributed by atoms with E-state index in [0.717, 1.165) is 12.8 Å². The molecule has 0 aliphatic carbocycles. The highest BCUT2D eigenvalue weighted by Crippen LogP contribution is 2.50. The molecule has 1 N–H and O–H groups in total. The third kappa shape index (κ3) is 14.8. The summed E-state index contributed by atoms with van der Waals surface area (Å²) in [6, 6.07) is 1.38. The van der Waals surface area contributed by atoms with E-state index >= 15 is 0 Å². The van der Waals surface area contributed by atoms with Crippen molar-refractivity contribution in [1.29, 1.82) is 0 Å². The van der Waals surface area contributed by atoms with Crippen LogP contribution < -0.4 is 5.32 Å². The summed E-state index contributed by atoms with van der Waals surface area (Å²) in [7, 11) is -2.83. The molecule has 0 atom stereocenters. The summed E-state index contributed by atoms with van der Waals surface area (Å²) in [5, 5.41) is 3.93. The van der Waals surface area contributed by atoms with Crippen LogP contribution in [0, 0.1) is 0 Å². The van der Waals surface area contributed by atoms with Crippen molar-refractivity contribution in [3.05, 3.63) is 0 Å². The first kappa shape index (κ1) is 41.4. The molecule has 246 valence electrons. The quantitative estimate of drug-likeness (QED) is 0.0546. The van der Waals surface area contributed by atoms with Gasteiger partial charge in [0.15, 0.2) is 35.5 Å². The predicted octanol–water partition coefficient (Wildman–Crippen LogP) is 8.19. The van der Waals surface area contributed by atoms with Crippen LogP contribution in [-0.2, 0) is 23.2 Å². The Hall–Kier alpha value is 0.387. The van der Waals surface area contributed by atoms with Gasteiger partial charge in [-0.3, -0.25) is 4.79 Å². The highest BCUT2D eigenvalue weighted by molar-refractivity contribution is 8.13. The third-order valence-corrected chi connectivity index (χ3v) is 16.2. The number of nitrogens with one attached hydrogen (secondary N) is 1. The van der Waals surface area contributed by atoms with Gasteiger partial charge in [-0.05, 0) is 86.4 Å². The van der Waals surface area contributed by atoms with Crippen LogP contribution in [0.4, 0.5) is 0 Å². The average molecular weight is 640 g/mol. The topological polar surface area (TPSA) is 72.5 Å². The fraction of sp³-hybridized carbons (Fsp3) is 0.967. The Morgan fingerprint density at radius 3 is 1.76 bits per heavy atom. The van der Waals surface area contributed by atoms with Crippen molar-refractivity contribution in [3.63, 3.8) is 0 Å². The van der Waals surface area contributed by atoms with E-state index in [1.165, 1.54) is 11.8 Å². The number of hydrogen-bond acceptors (Lipinski definition) is 9. The molecule has 0 aromatic rings. The van der Waals surface area contributed by atoms with E-state index < -0.39 is 16.8 Å². The fourth-order valence-corrected chi connectivity index (χ4v) is 8.20. The van der Waals surface area contributed by atoms with Gasteiger partial charge in [-0.25, -0.2) is 9.34 Å². The monoisotopic (exact) mass is 639 g/mol. The molecule has 0 rings (SSSR count). The first-order chi connectivity index (χ1) is 18.9. The Labute approximate surface area is 260 Å². The summed E-state index contributed by atoms with van der Waals surface area (Å²) in [6.45, 7) is 35.0. The van der Waals surface area contributed by atoms with Crippen LogP contribution in [-0.4, -0.2) is 85.2 Å². The lowest BCUT2D eigenvalue weighted by Gasteiger charge is -2.45. The van der Waals surface area contributed by atoms with Crippen molar-refractivity contribution in [2.24, 2.45) is 0 Å². The van der Waals surface area contributed by atoms with Gasteiger partial charge in [0.2, 0.25) is 0 Å². The number of carbonyl (C=O) groups excluding carboxylic acids is 1. The number of nitrogens with zero attached hydrogens (tertiary/aromatic N) is 2. The fourth-order valence-electron chi connectivity index (χ4n) is 4.35. The van der Waals surface area contributed by atoms with E-state index in [-0.39, 0.29) is 35.2 Å². The minimum atomic E-state index is -1.83. The van der Waals surface area contributed by atoms with E-state index in [4.69, 9.17) is 18.4 Å². The molecule has 0 saturated heterocycles. The Balaban J connectivity index is 4.61. The molecule has 41 heavy (non-hydrogen) atoms. The molecule has 11 heteroatoms. The first-order valence-electron chi connectivity index (χ1n) is 15.5. The molecule has 8 nitrogen and oxygen atoms in total. The highest BCUT2D eigenvalue weighted by Gasteiger charge is 2.39. The summed E-state index contributed by atoms with van der Waals surface area (Å²) >= 11 is 1.19. The minimum Gasteiger partial charge on any atom is -0.415 e.